The summed E-state index contributed by atoms with van der Waals surface area (Å²) >= 11 is 1.70. The van der Waals surface area contributed by atoms with Crippen molar-refractivity contribution < 1.29 is 9.15 Å². The van der Waals surface area contributed by atoms with Crippen molar-refractivity contribution in [1.82, 2.24) is 10.2 Å². The minimum absolute atomic E-state index is 0.260. The van der Waals surface area contributed by atoms with Crippen LogP contribution in [0, 0.1) is 13.8 Å². The summed E-state index contributed by atoms with van der Waals surface area (Å²) in [6.45, 7) is 4.36. The van der Waals surface area contributed by atoms with Gasteiger partial charge in [0.15, 0.2) is 6.61 Å². The van der Waals surface area contributed by atoms with E-state index < -0.39 is 0 Å². The molecule has 3 aromatic rings. The van der Waals surface area contributed by atoms with Gasteiger partial charge in [0, 0.05) is 10.5 Å². The van der Waals surface area contributed by atoms with E-state index in [1.807, 2.05) is 42.7 Å². The van der Waals surface area contributed by atoms with Gasteiger partial charge in [0.25, 0.3) is 5.89 Å². The molecule has 0 amide bonds. The summed E-state index contributed by atoms with van der Waals surface area (Å²) in [5, 5.41) is 8.16. The quantitative estimate of drug-likeness (QED) is 0.638. The van der Waals surface area contributed by atoms with Crippen LogP contribution >= 0.6 is 11.8 Å². The molecule has 0 aliphatic carbocycles. The lowest BCUT2D eigenvalue weighted by molar-refractivity contribution is 0.264. The molecule has 0 aliphatic rings. The van der Waals surface area contributed by atoms with Gasteiger partial charge in [0.05, 0.1) is 0 Å². The predicted molar refractivity (Wildman–Crippen MR) is 91.8 cm³/mol. The third-order valence-corrected chi connectivity index (χ3v) is 4.10. The largest absolute Gasteiger partial charge is 0.484 e. The summed E-state index contributed by atoms with van der Waals surface area (Å²) in [6.07, 6.45) is 2.04. The van der Waals surface area contributed by atoms with Crippen LogP contribution < -0.4 is 4.74 Å². The second-order valence-corrected chi connectivity index (χ2v) is 6.22. The number of rotatable bonds is 5. The van der Waals surface area contributed by atoms with Gasteiger partial charge in [-0.2, -0.15) is 0 Å². The highest BCUT2D eigenvalue weighted by atomic mass is 32.2. The molecule has 0 aliphatic heterocycles. The molecule has 0 unspecified atom stereocenters. The normalized spacial score (nSPS) is 10.7. The Morgan fingerprint density at radius 2 is 1.70 bits per heavy atom. The van der Waals surface area contributed by atoms with Crippen LogP contribution in [0.5, 0.6) is 5.75 Å². The molecule has 0 radical (unpaired) electrons. The number of aryl methyl sites for hydroxylation is 2. The molecular weight excluding hydrogens is 308 g/mol. The first-order valence-electron chi connectivity index (χ1n) is 7.32. The van der Waals surface area contributed by atoms with E-state index in [1.165, 1.54) is 16.0 Å². The van der Waals surface area contributed by atoms with E-state index in [2.05, 4.69) is 30.1 Å². The third kappa shape index (κ3) is 3.93. The van der Waals surface area contributed by atoms with Crippen LogP contribution in [0.4, 0.5) is 0 Å². The number of thioether (sulfide) groups is 1. The molecule has 0 spiro atoms. The maximum Gasteiger partial charge on any atom is 0.254 e. The van der Waals surface area contributed by atoms with E-state index in [4.69, 9.17) is 9.15 Å². The Bertz CT molecular complexity index is 777. The van der Waals surface area contributed by atoms with E-state index in [9.17, 15) is 0 Å². The highest BCUT2D eigenvalue weighted by Crippen LogP contribution is 2.22. The number of hydrogen-bond acceptors (Lipinski definition) is 5. The Kier molecular flexibility index (Phi) is 4.67. The fraction of sp³-hybridized carbons (Fsp3) is 0.222. The van der Waals surface area contributed by atoms with Crippen LogP contribution in [0.25, 0.3) is 11.5 Å². The smallest absolute Gasteiger partial charge is 0.254 e. The number of benzene rings is 2. The summed E-state index contributed by atoms with van der Waals surface area (Å²) < 4.78 is 11.4. The van der Waals surface area contributed by atoms with Crippen LogP contribution in [-0.4, -0.2) is 16.5 Å². The average Bonchev–Trinajstić information content (AvgIpc) is 3.01. The molecule has 0 saturated carbocycles. The molecule has 0 fully saturated rings. The molecule has 0 atom stereocenters. The Morgan fingerprint density at radius 3 is 2.35 bits per heavy atom. The van der Waals surface area contributed by atoms with Crippen LogP contribution in [0.1, 0.15) is 17.0 Å². The molecule has 1 aromatic heterocycles. The lowest BCUT2D eigenvalue weighted by Crippen LogP contribution is -1.95. The molecule has 4 nitrogen and oxygen atoms in total. The Hall–Kier alpha value is -2.27. The van der Waals surface area contributed by atoms with E-state index in [0.29, 0.717) is 11.8 Å². The number of nitrogens with zero attached hydrogens (tertiary/aromatic N) is 2. The molecule has 5 heteroatoms. The minimum Gasteiger partial charge on any atom is -0.484 e. The van der Waals surface area contributed by atoms with E-state index >= 15 is 0 Å². The topological polar surface area (TPSA) is 48.2 Å². The van der Waals surface area contributed by atoms with Crippen molar-refractivity contribution in [3.8, 4) is 17.2 Å². The Labute approximate surface area is 139 Å². The zero-order valence-corrected chi connectivity index (χ0v) is 14.2. The molecule has 2 aromatic carbocycles. The number of ether oxygens (including phenoxy) is 1. The van der Waals surface area contributed by atoms with Crippen molar-refractivity contribution in [2.45, 2.75) is 25.3 Å². The minimum atomic E-state index is 0.260. The molecule has 3 rings (SSSR count). The first-order chi connectivity index (χ1) is 11.1. The predicted octanol–water partition coefficient (Wildman–Crippen LogP) is 4.65. The molecule has 118 valence electrons. The van der Waals surface area contributed by atoms with Crippen LogP contribution in [0.3, 0.4) is 0 Å². The van der Waals surface area contributed by atoms with Gasteiger partial charge in [-0.25, -0.2) is 0 Å². The zero-order chi connectivity index (χ0) is 16.2. The van der Waals surface area contributed by atoms with Gasteiger partial charge < -0.3 is 9.15 Å². The van der Waals surface area contributed by atoms with Crippen molar-refractivity contribution in [3.63, 3.8) is 0 Å². The highest BCUT2D eigenvalue weighted by Gasteiger charge is 2.10. The lowest BCUT2D eigenvalue weighted by Gasteiger charge is -2.03. The molecular formula is C18H18N2O2S. The SMILES string of the molecule is CSc1ccc(OCc2nnc(-c3cc(C)cc(C)c3)o2)cc1. The maximum absolute atomic E-state index is 5.69. The van der Waals surface area contributed by atoms with Crippen LogP contribution in [0.2, 0.25) is 0 Å². The standard InChI is InChI=1S/C18H18N2O2S/c1-12-8-13(2)10-14(9-12)18-20-19-17(22-18)11-21-15-4-6-16(23-3)7-5-15/h4-10H,11H2,1-3H3. The van der Waals surface area contributed by atoms with Crippen molar-refractivity contribution >= 4 is 11.8 Å². The zero-order valence-electron chi connectivity index (χ0n) is 13.4. The fourth-order valence-corrected chi connectivity index (χ4v) is 2.75. The number of hydrogen-bond donors (Lipinski definition) is 0. The second kappa shape index (κ2) is 6.87. The summed E-state index contributed by atoms with van der Waals surface area (Å²) in [7, 11) is 0. The van der Waals surface area contributed by atoms with Gasteiger partial charge in [-0.3, -0.25) is 0 Å². The maximum atomic E-state index is 5.69. The average molecular weight is 326 g/mol. The van der Waals surface area contributed by atoms with Gasteiger partial charge in [-0.1, -0.05) is 17.2 Å². The first-order valence-corrected chi connectivity index (χ1v) is 8.54. The van der Waals surface area contributed by atoms with E-state index in [-0.39, 0.29) is 6.61 Å². The van der Waals surface area contributed by atoms with Crippen molar-refractivity contribution in [3.05, 3.63) is 59.5 Å². The Balaban J connectivity index is 1.69. The van der Waals surface area contributed by atoms with Crippen molar-refractivity contribution in [2.24, 2.45) is 0 Å². The summed E-state index contributed by atoms with van der Waals surface area (Å²) in [6, 6.07) is 14.1. The summed E-state index contributed by atoms with van der Waals surface area (Å²) in [4.78, 5) is 1.20. The van der Waals surface area contributed by atoms with Crippen LogP contribution in [-0.2, 0) is 6.61 Å². The molecule has 23 heavy (non-hydrogen) atoms. The van der Waals surface area contributed by atoms with Crippen molar-refractivity contribution in [1.29, 1.82) is 0 Å². The van der Waals surface area contributed by atoms with Crippen LogP contribution in [0.15, 0.2) is 51.8 Å². The highest BCUT2D eigenvalue weighted by molar-refractivity contribution is 7.98. The Morgan fingerprint density at radius 1 is 1.00 bits per heavy atom. The second-order valence-electron chi connectivity index (χ2n) is 5.34. The monoisotopic (exact) mass is 326 g/mol. The molecule has 1 heterocycles. The van der Waals surface area contributed by atoms with Gasteiger partial charge in [-0.15, -0.1) is 22.0 Å². The van der Waals surface area contributed by atoms with Gasteiger partial charge in [0.1, 0.15) is 5.75 Å². The number of aromatic nitrogens is 2. The van der Waals surface area contributed by atoms with Crippen molar-refractivity contribution in [2.75, 3.05) is 6.26 Å². The van der Waals surface area contributed by atoms with Gasteiger partial charge in [-0.05, 0) is 56.5 Å². The van der Waals surface area contributed by atoms with E-state index in [0.717, 1.165) is 11.3 Å². The molecule has 0 N–H and O–H groups in total. The molecule has 0 saturated heterocycles. The van der Waals surface area contributed by atoms with Gasteiger partial charge in [0.2, 0.25) is 5.89 Å². The lowest BCUT2D eigenvalue weighted by atomic mass is 10.1. The van der Waals surface area contributed by atoms with E-state index in [1.54, 1.807) is 11.8 Å². The molecule has 0 bridgehead atoms. The third-order valence-electron chi connectivity index (χ3n) is 3.36. The first kappa shape index (κ1) is 15.6. The summed E-state index contributed by atoms with van der Waals surface area (Å²) in [5.74, 6) is 1.77. The van der Waals surface area contributed by atoms with Gasteiger partial charge >= 0.3 is 0 Å². The fourth-order valence-electron chi connectivity index (χ4n) is 2.34. The summed E-state index contributed by atoms with van der Waals surface area (Å²) in [5.41, 5.74) is 3.28.